The molecule has 9 heteroatoms. The van der Waals surface area contributed by atoms with Gasteiger partial charge in [-0.1, -0.05) is 5.10 Å². The van der Waals surface area contributed by atoms with E-state index in [0.29, 0.717) is 13.0 Å². The molecule has 9 nitrogen and oxygen atoms in total. The predicted octanol–water partition coefficient (Wildman–Crippen LogP) is 0.461. The molecule has 0 saturated carbocycles. The van der Waals surface area contributed by atoms with Crippen LogP contribution < -0.4 is 5.32 Å². The zero-order chi connectivity index (χ0) is 14.5. The number of carboxylic acids is 1. The smallest absolute Gasteiger partial charge is 0.324 e. The van der Waals surface area contributed by atoms with Gasteiger partial charge >= 0.3 is 12.0 Å². The van der Waals surface area contributed by atoms with Gasteiger partial charge in [0, 0.05) is 19.0 Å². The molecule has 1 fully saturated rings. The first-order valence-corrected chi connectivity index (χ1v) is 6.59. The van der Waals surface area contributed by atoms with E-state index in [1.165, 1.54) is 4.80 Å². The van der Waals surface area contributed by atoms with E-state index in [1.54, 1.807) is 11.9 Å². The summed E-state index contributed by atoms with van der Waals surface area (Å²) in [7, 11) is 1.61. The van der Waals surface area contributed by atoms with E-state index in [9.17, 15) is 9.59 Å². The molecule has 1 saturated heterocycles. The Morgan fingerprint density at radius 2 is 2.25 bits per heavy atom. The standard InChI is InChI=1S/C11H18N6O3/c1-16-14-10(13-15-16)12-11(20)17-7-3-2-4-8(17)5-6-9(18)19/h8H,2-7H2,1H3,(H,18,19)(H,12,14,20). The van der Waals surface area contributed by atoms with Crippen LogP contribution >= 0.6 is 0 Å². The highest BCUT2D eigenvalue weighted by molar-refractivity contribution is 5.87. The lowest BCUT2D eigenvalue weighted by Gasteiger charge is -2.35. The number of aliphatic carboxylic acids is 1. The Labute approximate surface area is 115 Å². The summed E-state index contributed by atoms with van der Waals surface area (Å²) in [6, 6.07) is -0.343. The highest BCUT2D eigenvalue weighted by atomic mass is 16.4. The van der Waals surface area contributed by atoms with E-state index in [0.717, 1.165) is 19.3 Å². The number of aryl methyl sites for hydroxylation is 1. The average molecular weight is 282 g/mol. The summed E-state index contributed by atoms with van der Waals surface area (Å²) in [6.07, 6.45) is 3.30. The van der Waals surface area contributed by atoms with Gasteiger partial charge in [0.25, 0.3) is 5.95 Å². The normalized spacial score (nSPS) is 18.9. The lowest BCUT2D eigenvalue weighted by Crippen LogP contribution is -2.46. The summed E-state index contributed by atoms with van der Waals surface area (Å²) in [5.41, 5.74) is 0. The Kier molecular flexibility index (Phi) is 4.49. The molecule has 0 aliphatic carbocycles. The van der Waals surface area contributed by atoms with Crippen molar-refractivity contribution in [2.45, 2.75) is 38.1 Å². The minimum atomic E-state index is -0.841. The Balaban J connectivity index is 1.95. The van der Waals surface area contributed by atoms with Crippen LogP contribution in [-0.2, 0) is 11.8 Å². The highest BCUT2D eigenvalue weighted by Gasteiger charge is 2.27. The third-order valence-electron chi connectivity index (χ3n) is 3.31. The van der Waals surface area contributed by atoms with Gasteiger partial charge in [-0.3, -0.25) is 10.1 Å². The molecule has 0 bridgehead atoms. The van der Waals surface area contributed by atoms with E-state index in [1.807, 2.05) is 0 Å². The maximum atomic E-state index is 12.2. The van der Waals surface area contributed by atoms with Crippen molar-refractivity contribution in [3.8, 4) is 0 Å². The van der Waals surface area contributed by atoms with E-state index in [-0.39, 0.29) is 24.4 Å². The van der Waals surface area contributed by atoms with Crippen molar-refractivity contribution >= 4 is 17.9 Å². The maximum absolute atomic E-state index is 12.2. The first-order valence-electron chi connectivity index (χ1n) is 6.59. The van der Waals surface area contributed by atoms with Gasteiger partial charge in [-0.15, -0.1) is 5.10 Å². The van der Waals surface area contributed by atoms with Gasteiger partial charge in [0.05, 0.1) is 7.05 Å². The first-order chi connectivity index (χ1) is 9.56. The van der Waals surface area contributed by atoms with Crippen LogP contribution in [0.5, 0.6) is 0 Å². The molecule has 1 aliphatic rings. The second kappa shape index (κ2) is 6.31. The summed E-state index contributed by atoms with van der Waals surface area (Å²) in [5.74, 6) is -0.688. The van der Waals surface area contributed by atoms with E-state index in [4.69, 9.17) is 5.11 Å². The number of tetrazole rings is 1. The molecule has 1 aromatic heterocycles. The minimum absolute atomic E-state index is 0.0449. The van der Waals surface area contributed by atoms with Gasteiger partial charge < -0.3 is 10.0 Å². The number of carbonyl (C=O) groups excluding carboxylic acids is 1. The van der Waals surface area contributed by atoms with Gasteiger partial charge in [-0.25, -0.2) is 4.79 Å². The van der Waals surface area contributed by atoms with Gasteiger partial charge in [0.1, 0.15) is 0 Å². The zero-order valence-electron chi connectivity index (χ0n) is 11.3. The monoisotopic (exact) mass is 282 g/mol. The maximum Gasteiger partial charge on any atom is 0.324 e. The van der Waals surface area contributed by atoms with Crippen molar-refractivity contribution < 1.29 is 14.7 Å². The van der Waals surface area contributed by atoms with Crippen LogP contribution in [-0.4, -0.2) is 54.8 Å². The van der Waals surface area contributed by atoms with Crippen molar-refractivity contribution in [2.75, 3.05) is 11.9 Å². The van der Waals surface area contributed by atoms with Crippen molar-refractivity contribution in [2.24, 2.45) is 7.05 Å². The number of carboxylic acid groups (broad SMARTS) is 1. The molecule has 1 aliphatic heterocycles. The number of urea groups is 1. The number of likely N-dealkylation sites (tertiary alicyclic amines) is 1. The molecule has 2 heterocycles. The van der Waals surface area contributed by atoms with Crippen molar-refractivity contribution in [1.82, 2.24) is 25.1 Å². The summed E-state index contributed by atoms with van der Waals surface area (Å²) in [5, 5.41) is 22.6. The topological polar surface area (TPSA) is 113 Å². The Morgan fingerprint density at radius 1 is 1.45 bits per heavy atom. The number of rotatable bonds is 4. The second-order valence-electron chi connectivity index (χ2n) is 4.81. The first kappa shape index (κ1) is 14.2. The van der Waals surface area contributed by atoms with E-state index in [2.05, 4.69) is 20.7 Å². The number of nitrogens with one attached hydrogen (secondary N) is 1. The fourth-order valence-electron chi connectivity index (χ4n) is 2.36. The summed E-state index contributed by atoms with van der Waals surface area (Å²) in [6.45, 7) is 0.621. The van der Waals surface area contributed by atoms with Crippen LogP contribution in [0.15, 0.2) is 0 Å². The van der Waals surface area contributed by atoms with Crippen molar-refractivity contribution in [3.63, 3.8) is 0 Å². The number of hydrogen-bond acceptors (Lipinski definition) is 5. The quantitative estimate of drug-likeness (QED) is 0.829. The number of piperidine rings is 1. The highest BCUT2D eigenvalue weighted by Crippen LogP contribution is 2.21. The van der Waals surface area contributed by atoms with Crippen LogP contribution in [0.2, 0.25) is 0 Å². The molecule has 0 spiro atoms. The third-order valence-corrected chi connectivity index (χ3v) is 3.31. The van der Waals surface area contributed by atoms with E-state index < -0.39 is 5.97 Å². The van der Waals surface area contributed by atoms with Gasteiger partial charge in [0.15, 0.2) is 0 Å². The van der Waals surface area contributed by atoms with Crippen LogP contribution in [0.4, 0.5) is 10.7 Å². The van der Waals surface area contributed by atoms with Crippen LogP contribution in [0.25, 0.3) is 0 Å². The number of anilines is 1. The number of nitrogens with zero attached hydrogens (tertiary/aromatic N) is 5. The molecule has 0 aromatic carbocycles. The van der Waals surface area contributed by atoms with Gasteiger partial charge in [0.2, 0.25) is 0 Å². The number of aromatic nitrogens is 4. The van der Waals surface area contributed by atoms with Crippen LogP contribution in [0.1, 0.15) is 32.1 Å². The van der Waals surface area contributed by atoms with Crippen molar-refractivity contribution in [3.05, 3.63) is 0 Å². The summed E-state index contributed by atoms with van der Waals surface area (Å²) in [4.78, 5) is 25.8. The van der Waals surface area contributed by atoms with Gasteiger partial charge in [-0.05, 0) is 30.9 Å². The van der Waals surface area contributed by atoms with Crippen LogP contribution in [0.3, 0.4) is 0 Å². The minimum Gasteiger partial charge on any atom is -0.481 e. The Bertz CT molecular complexity index is 488. The molecule has 2 rings (SSSR count). The fraction of sp³-hybridized carbons (Fsp3) is 0.727. The lowest BCUT2D eigenvalue weighted by molar-refractivity contribution is -0.137. The molecule has 20 heavy (non-hydrogen) atoms. The van der Waals surface area contributed by atoms with Gasteiger partial charge in [-0.2, -0.15) is 4.80 Å². The number of carbonyl (C=O) groups is 2. The predicted molar refractivity (Wildman–Crippen MR) is 69.0 cm³/mol. The molecule has 2 amide bonds. The Morgan fingerprint density at radius 3 is 2.90 bits per heavy atom. The van der Waals surface area contributed by atoms with E-state index >= 15 is 0 Å². The average Bonchev–Trinajstić information content (AvgIpc) is 2.82. The van der Waals surface area contributed by atoms with Crippen LogP contribution in [0, 0.1) is 0 Å². The molecular weight excluding hydrogens is 264 g/mol. The third kappa shape index (κ3) is 3.65. The zero-order valence-corrected chi connectivity index (χ0v) is 11.3. The molecule has 110 valence electrons. The van der Waals surface area contributed by atoms with Crippen molar-refractivity contribution in [1.29, 1.82) is 0 Å². The largest absolute Gasteiger partial charge is 0.481 e. The SMILES string of the molecule is Cn1nnc(NC(=O)N2CCCCC2CCC(=O)O)n1. The Hall–Kier alpha value is -2.19. The second-order valence-corrected chi connectivity index (χ2v) is 4.81. The summed E-state index contributed by atoms with van der Waals surface area (Å²) >= 11 is 0. The molecule has 1 atom stereocenters. The lowest BCUT2D eigenvalue weighted by atomic mass is 9.98. The summed E-state index contributed by atoms with van der Waals surface area (Å²) < 4.78 is 0. The number of hydrogen-bond donors (Lipinski definition) is 2. The molecule has 0 radical (unpaired) electrons. The number of amides is 2. The fourth-order valence-corrected chi connectivity index (χ4v) is 2.36. The molecular formula is C11H18N6O3. The molecule has 1 unspecified atom stereocenters. The molecule has 1 aromatic rings. The molecule has 2 N–H and O–H groups in total.